The van der Waals surface area contributed by atoms with Gasteiger partial charge in [0.2, 0.25) is 17.7 Å². The fraction of sp³-hybridized carbons (Fsp3) is 0.800. The number of rotatable bonds is 8. The Morgan fingerprint density at radius 3 is 1.57 bits per heavy atom. The highest BCUT2D eigenvalue weighted by Gasteiger charge is 2.35. The SMILES string of the molecule is CC(C)C(CC(CC(C(N)=O)C(C)(C)C)C(N)=O)C(N)=O. The Labute approximate surface area is 126 Å². The highest BCUT2D eigenvalue weighted by atomic mass is 16.2. The highest BCUT2D eigenvalue weighted by Crippen LogP contribution is 2.34. The van der Waals surface area contributed by atoms with Crippen LogP contribution in [-0.4, -0.2) is 17.7 Å². The summed E-state index contributed by atoms with van der Waals surface area (Å²) in [6, 6.07) is 0. The van der Waals surface area contributed by atoms with Gasteiger partial charge in [0.15, 0.2) is 0 Å². The maximum Gasteiger partial charge on any atom is 0.221 e. The van der Waals surface area contributed by atoms with Gasteiger partial charge in [-0.1, -0.05) is 34.6 Å². The number of nitrogens with two attached hydrogens (primary N) is 3. The van der Waals surface area contributed by atoms with E-state index in [1.807, 2.05) is 34.6 Å². The number of amides is 3. The molecule has 0 aromatic carbocycles. The number of carbonyl (C=O) groups excluding carboxylic acids is 3. The predicted molar refractivity (Wildman–Crippen MR) is 81.6 cm³/mol. The molecule has 6 heteroatoms. The molecule has 0 aromatic heterocycles. The Bertz CT molecular complexity index is 399. The minimum atomic E-state index is -0.596. The lowest BCUT2D eigenvalue weighted by Gasteiger charge is -2.31. The average molecular weight is 299 g/mol. The lowest BCUT2D eigenvalue weighted by Crippen LogP contribution is -2.40. The third-order valence-corrected chi connectivity index (χ3v) is 4.02. The van der Waals surface area contributed by atoms with Crippen LogP contribution in [0.5, 0.6) is 0 Å². The molecule has 0 aromatic rings. The van der Waals surface area contributed by atoms with Crippen molar-refractivity contribution in [1.82, 2.24) is 0 Å². The van der Waals surface area contributed by atoms with Gasteiger partial charge < -0.3 is 17.2 Å². The Kier molecular flexibility index (Phi) is 6.86. The number of hydrogen-bond donors (Lipinski definition) is 3. The molecule has 0 fully saturated rings. The molecule has 3 amide bonds. The van der Waals surface area contributed by atoms with E-state index in [2.05, 4.69) is 0 Å². The Hall–Kier alpha value is -1.59. The second-order valence-electron chi connectivity index (χ2n) is 7.14. The maximum atomic E-state index is 11.7. The summed E-state index contributed by atoms with van der Waals surface area (Å²) in [6.07, 6.45) is 0.493. The van der Waals surface area contributed by atoms with Gasteiger partial charge in [0.25, 0.3) is 0 Å². The standard InChI is InChI=1S/C15H29N3O3/c1-8(2)10(13(17)20)6-9(12(16)19)7-11(14(18)21)15(3,4)5/h8-11H,6-7H2,1-5H3,(H2,16,19)(H2,17,20)(H2,18,21). The molecule has 6 N–H and O–H groups in total. The summed E-state index contributed by atoms with van der Waals surface area (Å²) in [5.74, 6) is -2.98. The smallest absolute Gasteiger partial charge is 0.221 e. The van der Waals surface area contributed by atoms with Crippen molar-refractivity contribution in [1.29, 1.82) is 0 Å². The van der Waals surface area contributed by atoms with Crippen molar-refractivity contribution in [2.24, 2.45) is 46.3 Å². The molecule has 0 rings (SSSR count). The van der Waals surface area contributed by atoms with E-state index in [4.69, 9.17) is 17.2 Å². The molecule has 6 nitrogen and oxygen atoms in total. The summed E-state index contributed by atoms with van der Waals surface area (Å²) in [5.41, 5.74) is 15.9. The zero-order valence-corrected chi connectivity index (χ0v) is 13.7. The van der Waals surface area contributed by atoms with Crippen LogP contribution in [0.3, 0.4) is 0 Å². The topological polar surface area (TPSA) is 129 Å². The van der Waals surface area contributed by atoms with E-state index in [-0.39, 0.29) is 24.2 Å². The van der Waals surface area contributed by atoms with Gasteiger partial charge in [-0.15, -0.1) is 0 Å². The molecule has 21 heavy (non-hydrogen) atoms. The molecule has 0 bridgehead atoms. The van der Waals surface area contributed by atoms with Gasteiger partial charge in [-0.05, 0) is 24.2 Å². The normalized spacial score (nSPS) is 16.3. The third kappa shape index (κ3) is 6.14. The van der Waals surface area contributed by atoms with Crippen molar-refractivity contribution in [2.75, 3.05) is 0 Å². The molecule has 0 aliphatic carbocycles. The first-order valence-corrected chi connectivity index (χ1v) is 7.25. The molecule has 0 saturated heterocycles. The van der Waals surface area contributed by atoms with Crippen LogP contribution in [-0.2, 0) is 14.4 Å². The van der Waals surface area contributed by atoms with Crippen LogP contribution < -0.4 is 17.2 Å². The monoisotopic (exact) mass is 299 g/mol. The molecule has 0 aliphatic heterocycles. The lowest BCUT2D eigenvalue weighted by atomic mass is 9.73. The molecule has 0 heterocycles. The second-order valence-corrected chi connectivity index (χ2v) is 7.14. The molecule has 122 valence electrons. The molecular formula is C15H29N3O3. The number of carbonyl (C=O) groups is 3. The molecule has 3 atom stereocenters. The van der Waals surface area contributed by atoms with Crippen molar-refractivity contribution < 1.29 is 14.4 Å². The fourth-order valence-electron chi connectivity index (χ4n) is 2.53. The highest BCUT2D eigenvalue weighted by molar-refractivity contribution is 5.82. The maximum absolute atomic E-state index is 11.7. The molecule has 3 unspecified atom stereocenters. The van der Waals surface area contributed by atoms with Crippen molar-refractivity contribution >= 4 is 17.7 Å². The van der Waals surface area contributed by atoms with E-state index >= 15 is 0 Å². The van der Waals surface area contributed by atoms with Gasteiger partial charge >= 0.3 is 0 Å². The van der Waals surface area contributed by atoms with Gasteiger partial charge in [-0.25, -0.2) is 0 Å². The lowest BCUT2D eigenvalue weighted by molar-refractivity contribution is -0.129. The van der Waals surface area contributed by atoms with Crippen molar-refractivity contribution in [3.8, 4) is 0 Å². The van der Waals surface area contributed by atoms with Crippen LogP contribution in [0.25, 0.3) is 0 Å². The van der Waals surface area contributed by atoms with Crippen LogP contribution in [0.15, 0.2) is 0 Å². The van der Waals surface area contributed by atoms with Gasteiger partial charge in [-0.2, -0.15) is 0 Å². The molecule has 0 radical (unpaired) electrons. The quantitative estimate of drug-likeness (QED) is 0.612. The first kappa shape index (κ1) is 19.4. The van der Waals surface area contributed by atoms with E-state index in [0.717, 1.165) is 0 Å². The zero-order chi connectivity index (χ0) is 17.0. The van der Waals surface area contributed by atoms with Gasteiger partial charge in [0.05, 0.1) is 0 Å². The average Bonchev–Trinajstić information content (AvgIpc) is 2.24. The van der Waals surface area contributed by atoms with Crippen LogP contribution in [0.2, 0.25) is 0 Å². The van der Waals surface area contributed by atoms with Crippen LogP contribution in [0.4, 0.5) is 0 Å². The molecule has 0 aliphatic rings. The van der Waals surface area contributed by atoms with Crippen LogP contribution in [0, 0.1) is 29.1 Å². The summed E-state index contributed by atoms with van der Waals surface area (Å²) < 4.78 is 0. The molecule has 0 saturated carbocycles. The summed E-state index contributed by atoms with van der Waals surface area (Å²) in [6.45, 7) is 9.38. The van der Waals surface area contributed by atoms with E-state index < -0.39 is 35.5 Å². The third-order valence-electron chi connectivity index (χ3n) is 4.02. The summed E-state index contributed by atoms with van der Waals surface area (Å²) in [4.78, 5) is 34.8. The fourth-order valence-corrected chi connectivity index (χ4v) is 2.53. The van der Waals surface area contributed by atoms with Gasteiger partial charge in [-0.3, -0.25) is 14.4 Å². The largest absolute Gasteiger partial charge is 0.369 e. The minimum Gasteiger partial charge on any atom is -0.369 e. The van der Waals surface area contributed by atoms with Crippen LogP contribution >= 0.6 is 0 Å². The Balaban J connectivity index is 5.20. The van der Waals surface area contributed by atoms with Crippen molar-refractivity contribution in [3.63, 3.8) is 0 Å². The van der Waals surface area contributed by atoms with E-state index in [9.17, 15) is 14.4 Å². The Morgan fingerprint density at radius 1 is 0.857 bits per heavy atom. The Morgan fingerprint density at radius 2 is 1.33 bits per heavy atom. The molecule has 0 spiro atoms. The van der Waals surface area contributed by atoms with Gasteiger partial charge in [0.1, 0.15) is 0 Å². The first-order chi connectivity index (χ1) is 9.37. The number of hydrogen-bond acceptors (Lipinski definition) is 3. The molecular weight excluding hydrogens is 270 g/mol. The summed E-state index contributed by atoms with van der Waals surface area (Å²) >= 11 is 0. The predicted octanol–water partition coefficient (Wildman–Crippen LogP) is 0.773. The first-order valence-electron chi connectivity index (χ1n) is 7.25. The van der Waals surface area contributed by atoms with Crippen molar-refractivity contribution in [3.05, 3.63) is 0 Å². The van der Waals surface area contributed by atoms with E-state index in [1.165, 1.54) is 0 Å². The van der Waals surface area contributed by atoms with Gasteiger partial charge in [0, 0.05) is 17.8 Å². The van der Waals surface area contributed by atoms with Crippen LogP contribution in [0.1, 0.15) is 47.5 Å². The second kappa shape index (κ2) is 7.43. The van der Waals surface area contributed by atoms with E-state index in [0.29, 0.717) is 0 Å². The summed E-state index contributed by atoms with van der Waals surface area (Å²) in [7, 11) is 0. The minimum absolute atomic E-state index is 0.00557. The summed E-state index contributed by atoms with van der Waals surface area (Å²) in [5, 5.41) is 0. The number of primary amides is 3. The van der Waals surface area contributed by atoms with E-state index in [1.54, 1.807) is 0 Å². The van der Waals surface area contributed by atoms with Crippen molar-refractivity contribution in [2.45, 2.75) is 47.5 Å². The zero-order valence-electron chi connectivity index (χ0n) is 13.7.